The molecule has 1 atom stereocenters. The van der Waals surface area contributed by atoms with Crippen molar-refractivity contribution in [3.8, 4) is 0 Å². The van der Waals surface area contributed by atoms with Crippen molar-refractivity contribution in [1.29, 1.82) is 5.41 Å². The average Bonchev–Trinajstić information content (AvgIpc) is 2.89. The number of amides is 2. The van der Waals surface area contributed by atoms with Crippen LogP contribution in [0.5, 0.6) is 0 Å². The molecule has 2 amide bonds. The lowest BCUT2D eigenvalue weighted by molar-refractivity contribution is -0.129. The molecule has 0 saturated carbocycles. The van der Waals surface area contributed by atoms with Gasteiger partial charge in [0.2, 0.25) is 11.8 Å². The third-order valence-electron chi connectivity index (χ3n) is 7.22. The molecular weight excluding hydrogens is 510 g/mol. The number of carbonyl (C=O) groups is 2. The monoisotopic (exact) mass is 573 g/mol. The predicted molar refractivity (Wildman–Crippen MR) is 170 cm³/mol. The van der Waals surface area contributed by atoms with E-state index in [9.17, 15) is 9.59 Å². The molecule has 0 radical (unpaired) electrons. The van der Waals surface area contributed by atoms with Gasteiger partial charge in [0.1, 0.15) is 6.04 Å². The summed E-state index contributed by atoms with van der Waals surface area (Å²) in [5, 5.41) is 16.0. The summed E-state index contributed by atoms with van der Waals surface area (Å²) in [4.78, 5) is 25.2. The van der Waals surface area contributed by atoms with Crippen LogP contribution in [0.4, 0.5) is 0 Å². The van der Waals surface area contributed by atoms with Gasteiger partial charge >= 0.3 is 0 Å². The van der Waals surface area contributed by atoms with E-state index in [0.29, 0.717) is 25.9 Å². The molecule has 6 N–H and O–H groups in total. The van der Waals surface area contributed by atoms with Crippen LogP contribution in [0.2, 0.25) is 0 Å². The zero-order valence-corrected chi connectivity index (χ0v) is 26.4. The molecule has 0 saturated heterocycles. The zero-order chi connectivity index (χ0) is 28.1. The Morgan fingerprint density at radius 3 is 1.51 bits per heavy atom. The fourth-order valence-electron chi connectivity index (χ4n) is 4.78. The van der Waals surface area contributed by atoms with Crippen LogP contribution in [0.15, 0.2) is 0 Å². The fourth-order valence-corrected chi connectivity index (χ4v) is 4.78. The molecular formula is C31H64ClN5O2. The number of nitrogens with two attached hydrogens (primary N) is 1. The average molecular weight is 574 g/mol. The highest BCUT2D eigenvalue weighted by molar-refractivity contribution is 5.87. The SMILES string of the molecule is CCCCCCCCCCCCCCCCCC(=O)NC(CCCCNC(=N)N)C(=O)NCCCCCC.Cl. The lowest BCUT2D eigenvalue weighted by atomic mass is 10.0. The minimum atomic E-state index is -0.484. The first-order valence-electron chi connectivity index (χ1n) is 16.2. The summed E-state index contributed by atoms with van der Waals surface area (Å²) in [5.74, 6) is -0.137. The smallest absolute Gasteiger partial charge is 0.242 e. The molecule has 0 fully saturated rings. The first kappa shape index (κ1) is 39.6. The van der Waals surface area contributed by atoms with Gasteiger partial charge in [-0.15, -0.1) is 12.4 Å². The molecule has 0 aliphatic heterocycles. The van der Waals surface area contributed by atoms with Gasteiger partial charge in [0.25, 0.3) is 0 Å². The summed E-state index contributed by atoms with van der Waals surface area (Å²) in [6.45, 7) is 5.71. The molecule has 0 aromatic carbocycles. The van der Waals surface area contributed by atoms with Crippen molar-refractivity contribution in [1.82, 2.24) is 16.0 Å². The molecule has 7 nitrogen and oxygen atoms in total. The second kappa shape index (κ2) is 31.0. The highest BCUT2D eigenvalue weighted by Gasteiger charge is 2.19. The molecule has 0 aromatic heterocycles. The summed E-state index contributed by atoms with van der Waals surface area (Å²) < 4.78 is 0. The van der Waals surface area contributed by atoms with Crippen LogP contribution in [0.1, 0.15) is 162 Å². The third-order valence-corrected chi connectivity index (χ3v) is 7.22. The molecule has 0 spiro atoms. The first-order chi connectivity index (χ1) is 18.5. The molecule has 1 unspecified atom stereocenters. The van der Waals surface area contributed by atoms with Gasteiger partial charge in [0, 0.05) is 19.5 Å². The molecule has 232 valence electrons. The van der Waals surface area contributed by atoms with Gasteiger partial charge in [-0.05, 0) is 32.1 Å². The Kier molecular flexibility index (Phi) is 31.5. The van der Waals surface area contributed by atoms with Gasteiger partial charge in [-0.3, -0.25) is 15.0 Å². The summed E-state index contributed by atoms with van der Waals surface area (Å²) in [6.07, 6.45) is 26.7. The second-order valence-electron chi connectivity index (χ2n) is 11.0. The molecule has 0 rings (SSSR count). The lowest BCUT2D eigenvalue weighted by Gasteiger charge is -2.19. The maximum absolute atomic E-state index is 12.7. The van der Waals surface area contributed by atoms with E-state index < -0.39 is 6.04 Å². The summed E-state index contributed by atoms with van der Waals surface area (Å²) >= 11 is 0. The molecule has 0 bridgehead atoms. The Hall–Kier alpha value is -1.50. The van der Waals surface area contributed by atoms with Crippen molar-refractivity contribution in [2.45, 2.75) is 168 Å². The Labute approximate surface area is 247 Å². The van der Waals surface area contributed by atoms with Crippen molar-refractivity contribution in [2.24, 2.45) is 5.73 Å². The molecule has 0 aromatic rings. The van der Waals surface area contributed by atoms with Crippen LogP contribution in [-0.4, -0.2) is 36.9 Å². The van der Waals surface area contributed by atoms with Gasteiger partial charge in [-0.2, -0.15) is 0 Å². The van der Waals surface area contributed by atoms with Crippen LogP contribution in [-0.2, 0) is 9.59 Å². The number of rotatable bonds is 28. The number of halogens is 1. The van der Waals surface area contributed by atoms with Crippen LogP contribution in [0.3, 0.4) is 0 Å². The van der Waals surface area contributed by atoms with E-state index in [4.69, 9.17) is 11.1 Å². The maximum atomic E-state index is 12.7. The Bertz CT molecular complexity index is 577. The number of carbonyl (C=O) groups excluding carboxylic acids is 2. The summed E-state index contributed by atoms with van der Waals surface area (Å²) in [7, 11) is 0. The quantitative estimate of drug-likeness (QED) is 0.0378. The van der Waals surface area contributed by atoms with Crippen LogP contribution in [0.25, 0.3) is 0 Å². The molecule has 8 heteroatoms. The van der Waals surface area contributed by atoms with Gasteiger partial charge in [0.05, 0.1) is 0 Å². The summed E-state index contributed by atoms with van der Waals surface area (Å²) in [6, 6.07) is -0.484. The zero-order valence-electron chi connectivity index (χ0n) is 25.6. The molecule has 0 heterocycles. The largest absolute Gasteiger partial charge is 0.370 e. The Balaban J connectivity index is 0. The van der Waals surface area contributed by atoms with Gasteiger partial charge in [0.15, 0.2) is 5.96 Å². The van der Waals surface area contributed by atoms with Gasteiger partial charge in [-0.25, -0.2) is 0 Å². The predicted octanol–water partition coefficient (Wildman–Crippen LogP) is 7.50. The fraction of sp³-hybridized carbons (Fsp3) is 0.903. The normalized spacial score (nSPS) is 11.4. The second-order valence-corrected chi connectivity index (χ2v) is 11.0. The number of hydrogen-bond donors (Lipinski definition) is 5. The van der Waals surface area contributed by atoms with E-state index in [1.165, 1.54) is 96.3 Å². The number of unbranched alkanes of at least 4 members (excludes halogenated alkanes) is 18. The standard InChI is InChI=1S/C31H63N5O2.ClH/c1-3-5-7-9-10-11-12-13-14-15-16-17-18-19-20-25-29(37)36-28(24-21-23-27-35-31(32)33)30(38)34-26-22-8-6-4-2;/h28H,3-27H2,1-2H3,(H,34,38)(H,36,37)(H4,32,33,35);1H. The van der Waals surface area contributed by atoms with E-state index in [1.54, 1.807) is 0 Å². The maximum Gasteiger partial charge on any atom is 0.242 e. The van der Waals surface area contributed by atoms with E-state index in [1.807, 2.05) is 0 Å². The highest BCUT2D eigenvalue weighted by Crippen LogP contribution is 2.14. The number of hydrogen-bond acceptors (Lipinski definition) is 3. The molecule has 0 aliphatic rings. The first-order valence-corrected chi connectivity index (χ1v) is 16.2. The lowest BCUT2D eigenvalue weighted by Crippen LogP contribution is -2.47. The topological polar surface area (TPSA) is 120 Å². The van der Waals surface area contributed by atoms with Crippen molar-refractivity contribution in [2.75, 3.05) is 13.1 Å². The van der Waals surface area contributed by atoms with E-state index >= 15 is 0 Å². The van der Waals surface area contributed by atoms with Crippen molar-refractivity contribution in [3.05, 3.63) is 0 Å². The van der Waals surface area contributed by atoms with E-state index in [0.717, 1.165) is 38.5 Å². The van der Waals surface area contributed by atoms with Gasteiger partial charge < -0.3 is 21.7 Å². The van der Waals surface area contributed by atoms with Crippen molar-refractivity contribution in [3.63, 3.8) is 0 Å². The van der Waals surface area contributed by atoms with Crippen molar-refractivity contribution < 1.29 is 9.59 Å². The van der Waals surface area contributed by atoms with Crippen LogP contribution >= 0.6 is 12.4 Å². The number of nitrogens with one attached hydrogen (secondary N) is 4. The molecule has 39 heavy (non-hydrogen) atoms. The van der Waals surface area contributed by atoms with Gasteiger partial charge in [-0.1, -0.05) is 123 Å². The summed E-state index contributed by atoms with van der Waals surface area (Å²) in [5.41, 5.74) is 5.32. The Morgan fingerprint density at radius 2 is 1.03 bits per heavy atom. The van der Waals surface area contributed by atoms with Crippen LogP contribution < -0.4 is 21.7 Å². The third kappa shape index (κ3) is 29.3. The van der Waals surface area contributed by atoms with E-state index in [-0.39, 0.29) is 30.2 Å². The van der Waals surface area contributed by atoms with E-state index in [2.05, 4.69) is 29.8 Å². The molecule has 0 aliphatic carbocycles. The highest BCUT2D eigenvalue weighted by atomic mass is 35.5. The number of guanidine groups is 1. The minimum absolute atomic E-state index is 0. The van der Waals surface area contributed by atoms with Crippen molar-refractivity contribution >= 4 is 30.2 Å². The van der Waals surface area contributed by atoms with Crippen LogP contribution in [0, 0.1) is 5.41 Å². The Morgan fingerprint density at radius 1 is 0.615 bits per heavy atom. The minimum Gasteiger partial charge on any atom is -0.370 e.